The van der Waals surface area contributed by atoms with Crippen LogP contribution < -0.4 is 0 Å². The first-order chi connectivity index (χ1) is 11.6. The maximum atomic E-state index is 12.2. The average Bonchev–Trinajstić information content (AvgIpc) is 2.57. The van der Waals surface area contributed by atoms with Crippen LogP contribution in [0.5, 0.6) is 0 Å². The average molecular weight is 336 g/mol. The Morgan fingerprint density at radius 2 is 1.71 bits per heavy atom. The molecule has 0 heterocycles. The van der Waals surface area contributed by atoms with Crippen LogP contribution in [0.3, 0.4) is 0 Å². The van der Waals surface area contributed by atoms with Crippen LogP contribution in [0.25, 0.3) is 0 Å². The molecular weight excluding hydrogens is 312 g/mol. The van der Waals surface area contributed by atoms with Crippen molar-refractivity contribution in [2.75, 3.05) is 6.61 Å². The molecule has 24 heavy (non-hydrogen) atoms. The zero-order valence-electron chi connectivity index (χ0n) is 14.2. The lowest BCUT2D eigenvalue weighted by Crippen LogP contribution is -2.30. The smallest absolute Gasteiger partial charge is 0.347 e. The van der Waals surface area contributed by atoms with E-state index < -0.39 is 30.4 Å². The van der Waals surface area contributed by atoms with Gasteiger partial charge < -0.3 is 14.2 Å². The molecule has 1 atom stereocenters. The molecule has 6 nitrogen and oxygen atoms in total. The normalized spacial score (nSPS) is 11.4. The lowest BCUT2D eigenvalue weighted by molar-refractivity contribution is -0.171. The summed E-state index contributed by atoms with van der Waals surface area (Å²) in [7, 11) is 0. The Labute approximate surface area is 142 Å². The molecule has 0 aliphatic heterocycles. The molecule has 6 heteroatoms. The van der Waals surface area contributed by atoms with Crippen molar-refractivity contribution >= 4 is 17.9 Å². The summed E-state index contributed by atoms with van der Waals surface area (Å²) in [6, 6.07) is 9.23. The van der Waals surface area contributed by atoms with E-state index in [1.165, 1.54) is 0 Å². The highest BCUT2D eigenvalue weighted by molar-refractivity contribution is 5.92. The van der Waals surface area contributed by atoms with E-state index >= 15 is 0 Å². The van der Waals surface area contributed by atoms with Gasteiger partial charge in [0.2, 0.25) is 0 Å². The monoisotopic (exact) mass is 336 g/mol. The number of carbonyl (C=O) groups is 3. The van der Waals surface area contributed by atoms with Crippen molar-refractivity contribution in [2.45, 2.75) is 52.2 Å². The van der Waals surface area contributed by atoms with Crippen LogP contribution in [0.15, 0.2) is 30.3 Å². The van der Waals surface area contributed by atoms with E-state index in [1.807, 2.05) is 37.3 Å². The van der Waals surface area contributed by atoms with Gasteiger partial charge in [0, 0.05) is 0 Å². The largest absolute Gasteiger partial charge is 0.466 e. The molecule has 1 rings (SSSR count). The molecule has 0 N–H and O–H groups in total. The van der Waals surface area contributed by atoms with Crippen molar-refractivity contribution < 1.29 is 28.6 Å². The topological polar surface area (TPSA) is 78.9 Å². The Morgan fingerprint density at radius 3 is 2.33 bits per heavy atom. The van der Waals surface area contributed by atoms with Gasteiger partial charge in [0.05, 0.1) is 6.61 Å². The van der Waals surface area contributed by atoms with Crippen LogP contribution in [-0.2, 0) is 35.2 Å². The van der Waals surface area contributed by atoms with E-state index in [0.717, 1.165) is 12.0 Å². The van der Waals surface area contributed by atoms with Crippen molar-refractivity contribution in [1.29, 1.82) is 0 Å². The Balaban J connectivity index is 2.54. The summed E-state index contributed by atoms with van der Waals surface area (Å²) in [6.45, 7) is 3.91. The number of ether oxygens (including phenoxy) is 3. The number of hydrogen-bond acceptors (Lipinski definition) is 6. The third kappa shape index (κ3) is 7.76. The number of hydrogen-bond donors (Lipinski definition) is 0. The maximum absolute atomic E-state index is 12.2. The second-order valence-electron chi connectivity index (χ2n) is 5.20. The highest BCUT2D eigenvalue weighted by atomic mass is 16.6. The zero-order chi connectivity index (χ0) is 17.8. The zero-order valence-corrected chi connectivity index (χ0v) is 14.2. The quantitative estimate of drug-likeness (QED) is 0.371. The molecule has 0 radical (unpaired) electrons. The summed E-state index contributed by atoms with van der Waals surface area (Å²) in [5, 5.41) is 0. The number of unbranched alkanes of at least 4 members (excludes halogenated alkanes) is 1. The molecule has 132 valence electrons. The van der Waals surface area contributed by atoms with Gasteiger partial charge >= 0.3 is 17.9 Å². The van der Waals surface area contributed by atoms with Crippen LogP contribution in [0, 0.1) is 0 Å². The summed E-state index contributed by atoms with van der Waals surface area (Å²) in [6.07, 6.45) is 0.396. The predicted octanol–water partition coefficient (Wildman–Crippen LogP) is 2.79. The van der Waals surface area contributed by atoms with Crippen molar-refractivity contribution in [3.63, 3.8) is 0 Å². The van der Waals surface area contributed by atoms with Gasteiger partial charge in [-0.1, -0.05) is 43.7 Å². The van der Waals surface area contributed by atoms with Gasteiger partial charge in [0.15, 0.2) is 6.10 Å². The first-order valence-corrected chi connectivity index (χ1v) is 8.12. The molecule has 0 saturated heterocycles. The number of carbonyl (C=O) groups excluding carboxylic acids is 3. The van der Waals surface area contributed by atoms with Gasteiger partial charge in [0.25, 0.3) is 0 Å². The Bertz CT molecular complexity index is 526. The Kier molecular flexibility index (Phi) is 9.19. The predicted molar refractivity (Wildman–Crippen MR) is 86.9 cm³/mol. The molecule has 0 aliphatic carbocycles. The fraction of sp³-hybridized carbons (Fsp3) is 0.500. The van der Waals surface area contributed by atoms with E-state index in [2.05, 4.69) is 4.74 Å². The standard InChI is InChI=1S/C18H24O6/c1-3-5-11-15(24-17(20)12-16(19)22-4-2)18(21)23-13-14-9-7-6-8-10-14/h6-10,15H,3-5,11-13H2,1-2H3. The molecule has 1 aromatic carbocycles. The van der Waals surface area contributed by atoms with Crippen LogP contribution >= 0.6 is 0 Å². The first kappa shape index (κ1) is 19.7. The minimum absolute atomic E-state index is 0.109. The second-order valence-corrected chi connectivity index (χ2v) is 5.20. The highest BCUT2D eigenvalue weighted by Gasteiger charge is 2.25. The first-order valence-electron chi connectivity index (χ1n) is 8.12. The van der Waals surface area contributed by atoms with E-state index in [-0.39, 0.29) is 13.2 Å². The molecule has 0 fully saturated rings. The summed E-state index contributed by atoms with van der Waals surface area (Å²) in [5.74, 6) is -2.06. The summed E-state index contributed by atoms with van der Waals surface area (Å²) >= 11 is 0. The van der Waals surface area contributed by atoms with Crippen molar-refractivity contribution in [1.82, 2.24) is 0 Å². The summed E-state index contributed by atoms with van der Waals surface area (Å²) in [5.41, 5.74) is 0.845. The van der Waals surface area contributed by atoms with Crippen molar-refractivity contribution in [3.05, 3.63) is 35.9 Å². The molecule has 1 aromatic rings. The van der Waals surface area contributed by atoms with E-state index in [1.54, 1.807) is 6.92 Å². The Hall–Kier alpha value is -2.37. The van der Waals surface area contributed by atoms with Gasteiger partial charge in [-0.25, -0.2) is 4.79 Å². The van der Waals surface area contributed by atoms with Crippen molar-refractivity contribution in [3.8, 4) is 0 Å². The maximum Gasteiger partial charge on any atom is 0.347 e. The van der Waals surface area contributed by atoms with Crippen molar-refractivity contribution in [2.24, 2.45) is 0 Å². The van der Waals surface area contributed by atoms with Gasteiger partial charge in [0.1, 0.15) is 13.0 Å². The van der Waals surface area contributed by atoms with E-state index in [0.29, 0.717) is 12.8 Å². The van der Waals surface area contributed by atoms with Crippen LogP contribution in [0.4, 0.5) is 0 Å². The molecule has 0 spiro atoms. The van der Waals surface area contributed by atoms with Gasteiger partial charge in [-0.2, -0.15) is 0 Å². The summed E-state index contributed by atoms with van der Waals surface area (Å²) in [4.78, 5) is 35.2. The molecule has 0 aliphatic rings. The third-order valence-electron chi connectivity index (χ3n) is 3.17. The molecule has 0 amide bonds. The fourth-order valence-electron chi connectivity index (χ4n) is 1.97. The molecule has 0 bridgehead atoms. The highest BCUT2D eigenvalue weighted by Crippen LogP contribution is 2.11. The lowest BCUT2D eigenvalue weighted by Gasteiger charge is -2.16. The Morgan fingerprint density at radius 1 is 1.00 bits per heavy atom. The van der Waals surface area contributed by atoms with Crippen LogP contribution in [-0.4, -0.2) is 30.6 Å². The molecule has 0 aromatic heterocycles. The SMILES string of the molecule is CCCCC(OC(=O)CC(=O)OCC)C(=O)OCc1ccccc1. The fourth-order valence-corrected chi connectivity index (χ4v) is 1.97. The van der Waals surface area contributed by atoms with Gasteiger partial charge in [-0.3, -0.25) is 9.59 Å². The van der Waals surface area contributed by atoms with E-state index in [4.69, 9.17) is 9.47 Å². The minimum Gasteiger partial charge on any atom is -0.466 e. The van der Waals surface area contributed by atoms with Crippen LogP contribution in [0.2, 0.25) is 0 Å². The number of esters is 3. The lowest BCUT2D eigenvalue weighted by atomic mass is 10.1. The molecular formula is C18H24O6. The minimum atomic E-state index is -1.00. The number of benzene rings is 1. The summed E-state index contributed by atoms with van der Waals surface area (Å²) < 4.78 is 15.0. The van der Waals surface area contributed by atoms with E-state index in [9.17, 15) is 14.4 Å². The third-order valence-corrected chi connectivity index (χ3v) is 3.17. The molecule has 1 unspecified atom stereocenters. The van der Waals surface area contributed by atoms with Gasteiger partial charge in [-0.05, 0) is 25.3 Å². The number of rotatable bonds is 10. The molecule has 0 saturated carbocycles. The van der Waals surface area contributed by atoms with Crippen LogP contribution in [0.1, 0.15) is 45.1 Å². The van der Waals surface area contributed by atoms with Gasteiger partial charge in [-0.15, -0.1) is 0 Å². The second kappa shape index (κ2) is 11.2.